The number of carbonyl (C=O) groups is 5. The van der Waals surface area contributed by atoms with Crippen LogP contribution in [0, 0.1) is 11.8 Å². The van der Waals surface area contributed by atoms with Crippen molar-refractivity contribution in [2.45, 2.75) is 108 Å². The first-order chi connectivity index (χ1) is 22.5. The maximum atomic E-state index is 12.9. The summed E-state index contributed by atoms with van der Waals surface area (Å²) < 4.78 is 22.0. The summed E-state index contributed by atoms with van der Waals surface area (Å²) in [4.78, 5) is 62.8. The number of carbonyl (C=O) groups excluding carboxylic acids is 2. The number of allylic oxidation sites excluding steroid dienone is 1. The number of esters is 2. The van der Waals surface area contributed by atoms with Crippen molar-refractivity contribution in [2.75, 3.05) is 0 Å². The van der Waals surface area contributed by atoms with Gasteiger partial charge < -0.3 is 44.5 Å². The Labute approximate surface area is 277 Å². The highest BCUT2D eigenvalue weighted by molar-refractivity contribution is 5.98. The summed E-state index contributed by atoms with van der Waals surface area (Å²) >= 11 is 0. The standard InChI is InChI=1S/C34H44O14/c1-6-7-11-19(2)14-15-24(36)46-27-26(37)32(47-28(29(38)39)33(44,30(40)41)34(27,48-32)31(42)43)17-16-20(3)25(45-22(5)35)21(4)18-23-12-9-8-10-13-23/h8-10,12-15,19,21,25-28,37,44H,3,6-7,11,16-18H2,1-2,4-5H3,(H,38,39)(H,40,41)(H,42,43)/b15-14+/t19-,21-,25-,26-,27-,28-,32+,33-,34+/m1/s1. The Balaban J connectivity index is 2.02. The Hall–Kier alpha value is -4.11. The predicted molar refractivity (Wildman–Crippen MR) is 166 cm³/mol. The number of fused-ring (bicyclic) bond motifs is 2. The van der Waals surface area contributed by atoms with Crippen molar-refractivity contribution in [1.82, 2.24) is 0 Å². The SMILES string of the molecule is C=C(CC[C@]12O[C@H](C(=O)O)[C@@](O)(C(=O)O)[C@](C(=O)O)(O1)[C@H](OC(=O)/C=C/[C@H](C)CCCC)[C@H]2O)[C@@H](OC(C)=O)[C@H](C)Cc1ccccc1. The fourth-order valence-corrected chi connectivity index (χ4v) is 6.33. The van der Waals surface area contributed by atoms with Gasteiger partial charge in [-0.05, 0) is 36.3 Å². The van der Waals surface area contributed by atoms with Gasteiger partial charge in [-0.3, -0.25) is 4.79 Å². The van der Waals surface area contributed by atoms with Crippen LogP contribution < -0.4 is 0 Å². The first-order valence-corrected chi connectivity index (χ1v) is 15.7. The molecule has 0 amide bonds. The molecule has 0 saturated carbocycles. The van der Waals surface area contributed by atoms with Crippen LogP contribution in [0.3, 0.4) is 0 Å². The van der Waals surface area contributed by atoms with Gasteiger partial charge in [0.1, 0.15) is 12.2 Å². The van der Waals surface area contributed by atoms with Crippen molar-refractivity contribution in [3.05, 3.63) is 60.2 Å². The Morgan fingerprint density at radius 3 is 2.25 bits per heavy atom. The van der Waals surface area contributed by atoms with Crippen molar-refractivity contribution in [3.63, 3.8) is 0 Å². The van der Waals surface area contributed by atoms with E-state index in [-0.39, 0.29) is 23.8 Å². The zero-order chi connectivity index (χ0) is 36.0. The zero-order valence-corrected chi connectivity index (χ0v) is 27.4. The number of aliphatic hydroxyl groups is 2. The maximum absolute atomic E-state index is 12.9. The van der Waals surface area contributed by atoms with Crippen LogP contribution in [0.15, 0.2) is 54.6 Å². The summed E-state index contributed by atoms with van der Waals surface area (Å²) in [7, 11) is 0. The summed E-state index contributed by atoms with van der Waals surface area (Å²) in [5, 5.41) is 53.4. The lowest BCUT2D eigenvalue weighted by Crippen LogP contribution is -2.78. The van der Waals surface area contributed by atoms with Gasteiger partial charge >= 0.3 is 29.8 Å². The third-order valence-corrected chi connectivity index (χ3v) is 8.83. The Kier molecular flexibility index (Phi) is 12.3. The van der Waals surface area contributed by atoms with Crippen LogP contribution in [0.2, 0.25) is 0 Å². The van der Waals surface area contributed by atoms with Gasteiger partial charge in [-0.25, -0.2) is 19.2 Å². The second-order valence-electron chi connectivity index (χ2n) is 12.5. The number of carboxylic acids is 3. The first-order valence-electron chi connectivity index (χ1n) is 15.7. The average Bonchev–Trinajstić information content (AvgIpc) is 3.24. The summed E-state index contributed by atoms with van der Waals surface area (Å²) in [6.07, 6.45) is -3.95. The molecule has 0 spiro atoms. The molecule has 9 atom stereocenters. The topological polar surface area (TPSA) is 223 Å². The van der Waals surface area contributed by atoms with E-state index in [1.54, 1.807) is 6.92 Å². The molecule has 5 N–H and O–H groups in total. The lowest BCUT2D eigenvalue weighted by Gasteiger charge is -2.48. The van der Waals surface area contributed by atoms with Crippen LogP contribution in [0.5, 0.6) is 0 Å². The molecule has 1 aromatic rings. The monoisotopic (exact) mass is 676 g/mol. The molecule has 264 valence electrons. The molecule has 0 aliphatic carbocycles. The largest absolute Gasteiger partial charge is 0.479 e. The molecule has 0 aromatic heterocycles. The van der Waals surface area contributed by atoms with E-state index in [9.17, 15) is 49.5 Å². The molecule has 0 unspecified atom stereocenters. The van der Waals surface area contributed by atoms with E-state index in [0.29, 0.717) is 12.8 Å². The summed E-state index contributed by atoms with van der Waals surface area (Å²) in [6.45, 7) is 10.8. The van der Waals surface area contributed by atoms with Gasteiger partial charge in [0.05, 0.1) is 0 Å². The number of carboxylic acid groups (broad SMARTS) is 3. The Bertz CT molecular complexity index is 1410. The predicted octanol–water partition coefficient (Wildman–Crippen LogP) is 2.64. The van der Waals surface area contributed by atoms with E-state index < -0.39 is 77.7 Å². The van der Waals surface area contributed by atoms with Gasteiger partial charge in [-0.1, -0.05) is 76.6 Å². The number of rotatable bonds is 17. The van der Waals surface area contributed by atoms with Gasteiger partial charge in [0.2, 0.25) is 23.1 Å². The van der Waals surface area contributed by atoms with Gasteiger partial charge in [0.25, 0.3) is 0 Å². The van der Waals surface area contributed by atoms with Crippen molar-refractivity contribution in [3.8, 4) is 0 Å². The molecule has 0 radical (unpaired) electrons. The third-order valence-electron chi connectivity index (χ3n) is 8.83. The number of benzene rings is 1. The minimum absolute atomic E-state index is 0.0996. The van der Waals surface area contributed by atoms with Crippen molar-refractivity contribution in [2.24, 2.45) is 11.8 Å². The molecule has 2 saturated heterocycles. The number of hydrogen-bond donors (Lipinski definition) is 5. The average molecular weight is 677 g/mol. The summed E-state index contributed by atoms with van der Waals surface area (Å²) in [5.41, 5.74) is -6.26. The van der Waals surface area contributed by atoms with Crippen LogP contribution in [0.4, 0.5) is 0 Å². The lowest BCUT2D eigenvalue weighted by molar-refractivity contribution is -0.374. The number of ether oxygens (including phenoxy) is 4. The quantitative estimate of drug-likeness (QED) is 0.0909. The van der Waals surface area contributed by atoms with Crippen LogP contribution in [-0.2, 0) is 49.3 Å². The lowest BCUT2D eigenvalue weighted by atomic mass is 9.74. The molecule has 2 bridgehead atoms. The number of aliphatic carboxylic acids is 3. The highest BCUT2D eigenvalue weighted by Crippen LogP contribution is 2.56. The van der Waals surface area contributed by atoms with E-state index in [0.717, 1.165) is 24.5 Å². The van der Waals surface area contributed by atoms with Crippen molar-refractivity contribution >= 4 is 29.8 Å². The summed E-state index contributed by atoms with van der Waals surface area (Å²) in [5.74, 6) is -11.6. The fourth-order valence-electron chi connectivity index (χ4n) is 6.33. The van der Waals surface area contributed by atoms with Crippen LogP contribution in [-0.4, -0.2) is 96.8 Å². The van der Waals surface area contributed by atoms with Gasteiger partial charge in [0, 0.05) is 25.3 Å². The molecule has 2 aliphatic heterocycles. The van der Waals surface area contributed by atoms with Crippen molar-refractivity contribution < 1.29 is 68.5 Å². The zero-order valence-electron chi connectivity index (χ0n) is 27.4. The van der Waals surface area contributed by atoms with Crippen molar-refractivity contribution in [1.29, 1.82) is 0 Å². The van der Waals surface area contributed by atoms with E-state index in [4.69, 9.17) is 18.9 Å². The third kappa shape index (κ3) is 7.46. The van der Waals surface area contributed by atoms with Gasteiger partial charge in [-0.15, -0.1) is 0 Å². The maximum Gasteiger partial charge on any atom is 0.344 e. The van der Waals surface area contributed by atoms with E-state index in [1.165, 1.54) is 13.0 Å². The van der Waals surface area contributed by atoms with Gasteiger partial charge in [-0.2, -0.15) is 0 Å². The molecule has 14 heteroatoms. The van der Waals surface area contributed by atoms with E-state index in [1.807, 2.05) is 44.2 Å². The molecule has 1 aromatic carbocycles. The molecule has 2 heterocycles. The van der Waals surface area contributed by atoms with E-state index in [2.05, 4.69) is 6.58 Å². The van der Waals surface area contributed by atoms with Gasteiger partial charge in [0.15, 0.2) is 6.10 Å². The Morgan fingerprint density at radius 2 is 1.71 bits per heavy atom. The number of hydrogen-bond acceptors (Lipinski definition) is 11. The highest BCUT2D eigenvalue weighted by atomic mass is 16.8. The molecule has 2 fully saturated rings. The van der Waals surface area contributed by atoms with Crippen LogP contribution >= 0.6 is 0 Å². The first kappa shape index (κ1) is 38.3. The normalized spacial score (nSPS) is 29.8. The second kappa shape index (κ2) is 15.4. The minimum atomic E-state index is -3.89. The fraction of sp³-hybridized carbons (Fsp3) is 0.559. The molecule has 2 aliphatic rings. The number of aliphatic hydroxyl groups excluding tert-OH is 1. The molecule has 14 nitrogen and oxygen atoms in total. The molecule has 48 heavy (non-hydrogen) atoms. The van der Waals surface area contributed by atoms with Crippen LogP contribution in [0.25, 0.3) is 0 Å². The molecule has 3 rings (SSSR count). The highest BCUT2D eigenvalue weighted by Gasteiger charge is 2.85. The molecular weight excluding hydrogens is 632 g/mol. The smallest absolute Gasteiger partial charge is 0.344 e. The minimum Gasteiger partial charge on any atom is -0.479 e. The summed E-state index contributed by atoms with van der Waals surface area (Å²) in [6, 6.07) is 9.29. The van der Waals surface area contributed by atoms with E-state index >= 15 is 0 Å². The van der Waals surface area contributed by atoms with Crippen LogP contribution in [0.1, 0.15) is 65.4 Å². The Morgan fingerprint density at radius 1 is 1.06 bits per heavy atom. The molecular formula is C34H44O14. The second-order valence-corrected chi connectivity index (χ2v) is 12.5. The number of unbranched alkanes of at least 4 members (excludes halogenated alkanes) is 1.